The molecule has 0 bridgehead atoms. The van der Waals surface area contributed by atoms with Gasteiger partial charge in [0.2, 0.25) is 0 Å². The van der Waals surface area contributed by atoms with E-state index in [4.69, 9.17) is 11.1 Å². The number of rotatable bonds is 1. The highest BCUT2D eigenvalue weighted by atomic mass is 79.9. The summed E-state index contributed by atoms with van der Waals surface area (Å²) < 4.78 is 14.9. The van der Waals surface area contributed by atoms with Gasteiger partial charge in [0.1, 0.15) is 11.7 Å². The van der Waals surface area contributed by atoms with Crippen LogP contribution in [0, 0.1) is 11.2 Å². The van der Waals surface area contributed by atoms with Gasteiger partial charge in [0, 0.05) is 14.6 Å². The van der Waals surface area contributed by atoms with Crippen LogP contribution in [0.2, 0.25) is 0 Å². The number of hydrogen-bond donors (Lipinski definition) is 2. The van der Waals surface area contributed by atoms with Crippen LogP contribution in [0.15, 0.2) is 22.7 Å². The highest BCUT2D eigenvalue weighted by Gasteiger charge is 2.08. The molecule has 15 heavy (non-hydrogen) atoms. The quantitative estimate of drug-likeness (QED) is 0.614. The van der Waals surface area contributed by atoms with Crippen LogP contribution in [-0.4, -0.2) is 5.84 Å². The normalized spacial score (nSPS) is 10.0. The fraction of sp³-hybridized carbons (Fsp3) is 0. The summed E-state index contributed by atoms with van der Waals surface area (Å²) in [5, 5.41) is 7.76. The number of amidine groups is 1. The van der Waals surface area contributed by atoms with Crippen LogP contribution >= 0.6 is 39.7 Å². The van der Waals surface area contributed by atoms with Crippen molar-refractivity contribution in [1.82, 2.24) is 0 Å². The minimum atomic E-state index is -0.293. The first-order valence-corrected chi connectivity index (χ1v) is 5.42. The zero-order valence-corrected chi connectivity index (χ0v) is 10.6. The number of nitrogens with one attached hydrogen (secondary N) is 1. The Morgan fingerprint density at radius 2 is 2.07 bits per heavy atom. The second kappa shape index (κ2) is 4.47. The van der Waals surface area contributed by atoms with E-state index in [0.717, 1.165) is 4.70 Å². The van der Waals surface area contributed by atoms with Crippen molar-refractivity contribution in [2.45, 2.75) is 0 Å². The van der Waals surface area contributed by atoms with E-state index < -0.39 is 0 Å². The molecule has 0 amide bonds. The van der Waals surface area contributed by atoms with Crippen LogP contribution in [0.3, 0.4) is 0 Å². The zero-order chi connectivity index (χ0) is 10.3. The predicted molar refractivity (Wildman–Crippen MR) is 67.7 cm³/mol. The van der Waals surface area contributed by atoms with Crippen LogP contribution in [0.5, 0.6) is 0 Å². The van der Waals surface area contributed by atoms with E-state index in [1.54, 1.807) is 6.07 Å². The Bertz CT molecular complexity index is 526. The summed E-state index contributed by atoms with van der Waals surface area (Å²) in [5.74, 6) is -0.320. The SMILES string of the molecule is Cl.N=C(N)c1cc2c(F)cc(Br)cc2s1. The molecular formula is C9H7BrClFN2S. The van der Waals surface area contributed by atoms with Gasteiger partial charge in [-0.15, -0.1) is 23.7 Å². The van der Waals surface area contributed by atoms with Crippen LogP contribution in [0.4, 0.5) is 4.39 Å². The summed E-state index contributed by atoms with van der Waals surface area (Å²) in [6.07, 6.45) is 0. The number of benzene rings is 1. The highest BCUT2D eigenvalue weighted by Crippen LogP contribution is 2.30. The fourth-order valence-corrected chi connectivity index (χ4v) is 2.75. The first-order valence-electron chi connectivity index (χ1n) is 3.81. The fourth-order valence-electron chi connectivity index (χ4n) is 1.20. The molecule has 0 saturated carbocycles. The lowest BCUT2D eigenvalue weighted by atomic mass is 10.2. The lowest BCUT2D eigenvalue weighted by Crippen LogP contribution is -2.08. The van der Waals surface area contributed by atoms with Crippen molar-refractivity contribution in [1.29, 1.82) is 5.41 Å². The average Bonchev–Trinajstić information content (AvgIpc) is 2.47. The van der Waals surface area contributed by atoms with Gasteiger partial charge in [-0.25, -0.2) is 4.39 Å². The number of thiophene rings is 1. The maximum Gasteiger partial charge on any atom is 0.133 e. The third kappa shape index (κ3) is 2.30. The van der Waals surface area contributed by atoms with E-state index in [0.29, 0.717) is 14.7 Å². The summed E-state index contributed by atoms with van der Waals surface area (Å²) in [5.41, 5.74) is 5.33. The molecule has 1 aromatic carbocycles. The second-order valence-corrected chi connectivity index (χ2v) is 4.82. The Hall–Kier alpha value is -0.650. The van der Waals surface area contributed by atoms with Gasteiger partial charge >= 0.3 is 0 Å². The molecule has 80 valence electrons. The Kier molecular flexibility index (Phi) is 3.70. The first-order chi connectivity index (χ1) is 6.58. The Morgan fingerprint density at radius 1 is 1.40 bits per heavy atom. The van der Waals surface area contributed by atoms with Gasteiger partial charge in [-0.1, -0.05) is 15.9 Å². The van der Waals surface area contributed by atoms with Gasteiger partial charge < -0.3 is 5.73 Å². The third-order valence-electron chi connectivity index (χ3n) is 1.82. The molecule has 1 heterocycles. The summed E-state index contributed by atoms with van der Waals surface area (Å²) in [7, 11) is 0. The maximum absolute atomic E-state index is 13.4. The van der Waals surface area contributed by atoms with Crippen molar-refractivity contribution in [3.05, 3.63) is 33.4 Å². The molecule has 0 radical (unpaired) electrons. The minimum Gasteiger partial charge on any atom is -0.383 e. The largest absolute Gasteiger partial charge is 0.383 e. The molecule has 1 aromatic heterocycles. The molecule has 6 heteroatoms. The molecule has 2 nitrogen and oxygen atoms in total. The van der Waals surface area contributed by atoms with Crippen LogP contribution in [-0.2, 0) is 0 Å². The van der Waals surface area contributed by atoms with Crippen LogP contribution in [0.1, 0.15) is 4.88 Å². The monoisotopic (exact) mass is 308 g/mol. The summed E-state index contributed by atoms with van der Waals surface area (Å²) in [6, 6.07) is 4.82. The van der Waals surface area contributed by atoms with E-state index in [-0.39, 0.29) is 24.1 Å². The van der Waals surface area contributed by atoms with Crippen molar-refractivity contribution in [2.75, 3.05) is 0 Å². The standard InChI is InChI=1S/C9H6BrFN2S.ClH/c10-4-1-6(11)5-3-8(9(12)13)14-7(5)2-4;/h1-3H,(H3,12,13);1H. The maximum atomic E-state index is 13.4. The van der Waals surface area contributed by atoms with Crippen molar-refractivity contribution in [2.24, 2.45) is 5.73 Å². The molecular weight excluding hydrogens is 303 g/mol. The van der Waals surface area contributed by atoms with Gasteiger partial charge in [0.15, 0.2) is 0 Å². The van der Waals surface area contributed by atoms with Crippen molar-refractivity contribution < 1.29 is 4.39 Å². The Labute approximate surface area is 104 Å². The predicted octanol–water partition coefficient (Wildman–Crippen LogP) is 3.51. The molecule has 0 aliphatic heterocycles. The van der Waals surface area contributed by atoms with Gasteiger partial charge in [-0.05, 0) is 18.2 Å². The molecule has 0 saturated heterocycles. The smallest absolute Gasteiger partial charge is 0.133 e. The van der Waals surface area contributed by atoms with Gasteiger partial charge in [-0.3, -0.25) is 5.41 Å². The van der Waals surface area contributed by atoms with E-state index >= 15 is 0 Å². The topological polar surface area (TPSA) is 49.9 Å². The van der Waals surface area contributed by atoms with Gasteiger partial charge in [0.25, 0.3) is 0 Å². The lowest BCUT2D eigenvalue weighted by molar-refractivity contribution is 0.639. The first kappa shape index (κ1) is 12.4. The summed E-state index contributed by atoms with van der Waals surface area (Å²) in [4.78, 5) is 0.594. The summed E-state index contributed by atoms with van der Waals surface area (Å²) >= 11 is 4.53. The number of halogens is 3. The molecule has 0 aliphatic carbocycles. The van der Waals surface area contributed by atoms with Crippen molar-refractivity contribution in [3.63, 3.8) is 0 Å². The number of hydrogen-bond acceptors (Lipinski definition) is 2. The number of nitrogen functional groups attached to an aromatic ring is 1. The van der Waals surface area contributed by atoms with Crippen molar-refractivity contribution >= 4 is 55.6 Å². The van der Waals surface area contributed by atoms with Gasteiger partial charge in [0.05, 0.1) is 4.88 Å². The molecule has 0 aliphatic rings. The third-order valence-corrected chi connectivity index (χ3v) is 3.39. The Balaban J connectivity index is 0.00000112. The van der Waals surface area contributed by atoms with E-state index in [9.17, 15) is 4.39 Å². The van der Waals surface area contributed by atoms with E-state index in [1.807, 2.05) is 6.07 Å². The molecule has 2 aromatic rings. The van der Waals surface area contributed by atoms with E-state index in [1.165, 1.54) is 17.4 Å². The van der Waals surface area contributed by atoms with Gasteiger partial charge in [-0.2, -0.15) is 0 Å². The Morgan fingerprint density at radius 3 is 2.67 bits per heavy atom. The summed E-state index contributed by atoms with van der Waals surface area (Å²) in [6.45, 7) is 0. The van der Waals surface area contributed by atoms with Crippen LogP contribution < -0.4 is 5.73 Å². The molecule has 3 N–H and O–H groups in total. The minimum absolute atomic E-state index is 0. The van der Waals surface area contributed by atoms with Crippen molar-refractivity contribution in [3.8, 4) is 0 Å². The number of nitrogens with two attached hydrogens (primary N) is 1. The van der Waals surface area contributed by atoms with Crippen LogP contribution in [0.25, 0.3) is 10.1 Å². The molecule has 0 spiro atoms. The highest BCUT2D eigenvalue weighted by molar-refractivity contribution is 9.10. The molecule has 0 fully saturated rings. The second-order valence-electron chi connectivity index (χ2n) is 2.82. The zero-order valence-electron chi connectivity index (χ0n) is 7.38. The molecule has 0 unspecified atom stereocenters. The lowest BCUT2D eigenvalue weighted by Gasteiger charge is -1.92. The van der Waals surface area contributed by atoms with E-state index in [2.05, 4.69) is 15.9 Å². The molecule has 2 rings (SSSR count). The molecule has 0 atom stereocenters. The number of fused-ring (bicyclic) bond motifs is 1. The average molecular weight is 310 g/mol.